The highest BCUT2D eigenvalue weighted by Gasteiger charge is 2.26. The number of pyridine rings is 1. The van der Waals surface area contributed by atoms with E-state index in [9.17, 15) is 17.6 Å². The molecule has 4 aromatic rings. The van der Waals surface area contributed by atoms with Gasteiger partial charge in [0.05, 0.1) is 22.6 Å². The van der Waals surface area contributed by atoms with E-state index in [-0.39, 0.29) is 22.7 Å². The van der Waals surface area contributed by atoms with Gasteiger partial charge in [-0.25, -0.2) is 17.6 Å². The minimum Gasteiger partial charge on any atom is -0.408 e. The quantitative estimate of drug-likeness (QED) is 0.556. The molecule has 1 N–H and O–H groups in total. The topological polar surface area (TPSA) is 96.3 Å². The van der Waals surface area contributed by atoms with Gasteiger partial charge in [0.1, 0.15) is 5.82 Å². The molecule has 0 saturated carbocycles. The summed E-state index contributed by atoms with van der Waals surface area (Å²) in [4.78, 5) is 17.7. The number of aromatic amines is 1. The smallest absolute Gasteiger partial charge is 0.408 e. The second-order valence-electron chi connectivity index (χ2n) is 6.03. The minimum absolute atomic E-state index is 0.0469. The number of halogens is 1. The van der Waals surface area contributed by atoms with Gasteiger partial charge < -0.3 is 4.42 Å². The molecule has 28 heavy (non-hydrogen) atoms. The van der Waals surface area contributed by atoms with Crippen LogP contribution in [0.3, 0.4) is 0 Å². The van der Waals surface area contributed by atoms with Crippen molar-refractivity contribution in [1.29, 1.82) is 0 Å². The number of rotatable bonds is 5. The monoisotopic (exact) mass is 399 g/mol. The van der Waals surface area contributed by atoms with Crippen molar-refractivity contribution in [2.75, 3.05) is 4.31 Å². The molecule has 0 spiro atoms. The van der Waals surface area contributed by atoms with E-state index in [1.54, 1.807) is 18.3 Å². The summed E-state index contributed by atoms with van der Waals surface area (Å²) >= 11 is 0. The Bertz CT molecular complexity index is 1300. The van der Waals surface area contributed by atoms with Gasteiger partial charge >= 0.3 is 5.76 Å². The zero-order valence-electron chi connectivity index (χ0n) is 14.4. The molecule has 9 heteroatoms. The number of nitrogens with one attached hydrogen (secondary N) is 1. The predicted molar refractivity (Wildman–Crippen MR) is 101 cm³/mol. The van der Waals surface area contributed by atoms with Gasteiger partial charge in [0.15, 0.2) is 5.58 Å². The average Bonchev–Trinajstić information content (AvgIpc) is 3.06. The summed E-state index contributed by atoms with van der Waals surface area (Å²) < 4.78 is 46.5. The van der Waals surface area contributed by atoms with Crippen LogP contribution in [0.2, 0.25) is 0 Å². The van der Waals surface area contributed by atoms with Crippen LogP contribution in [0.15, 0.2) is 81.1 Å². The summed E-state index contributed by atoms with van der Waals surface area (Å²) in [5.74, 6) is -1.24. The van der Waals surface area contributed by atoms with Crippen LogP contribution in [0.5, 0.6) is 0 Å². The molecule has 0 unspecified atom stereocenters. The first-order valence-electron chi connectivity index (χ1n) is 8.23. The van der Waals surface area contributed by atoms with Crippen LogP contribution < -0.4 is 10.1 Å². The van der Waals surface area contributed by atoms with E-state index in [1.807, 2.05) is 0 Å². The Labute approximate surface area is 159 Å². The van der Waals surface area contributed by atoms with Crippen molar-refractivity contribution in [3.63, 3.8) is 0 Å². The summed E-state index contributed by atoms with van der Waals surface area (Å²) in [7, 11) is -4.09. The Morgan fingerprint density at radius 2 is 1.96 bits per heavy atom. The van der Waals surface area contributed by atoms with E-state index in [0.29, 0.717) is 11.1 Å². The summed E-state index contributed by atoms with van der Waals surface area (Å²) in [5.41, 5.74) is 1.30. The summed E-state index contributed by atoms with van der Waals surface area (Å²) in [6.07, 6.45) is 3.11. The van der Waals surface area contributed by atoms with Crippen LogP contribution in [0.4, 0.5) is 10.1 Å². The predicted octanol–water partition coefficient (Wildman–Crippen LogP) is 3.05. The van der Waals surface area contributed by atoms with Crippen LogP contribution in [0.25, 0.3) is 11.1 Å². The molecule has 0 fully saturated rings. The first kappa shape index (κ1) is 17.9. The van der Waals surface area contributed by atoms with Gasteiger partial charge in [0.2, 0.25) is 0 Å². The lowest BCUT2D eigenvalue weighted by Gasteiger charge is -2.24. The molecule has 0 aliphatic rings. The van der Waals surface area contributed by atoms with Crippen molar-refractivity contribution in [3.05, 3.63) is 88.9 Å². The summed E-state index contributed by atoms with van der Waals surface area (Å²) in [5, 5.41) is 0. The second-order valence-corrected chi connectivity index (χ2v) is 7.89. The number of anilines is 1. The maximum Gasteiger partial charge on any atom is 0.417 e. The van der Waals surface area contributed by atoms with Crippen molar-refractivity contribution in [2.24, 2.45) is 0 Å². The number of hydrogen-bond acceptors (Lipinski definition) is 5. The molecular formula is C19H14FN3O4S. The third-order valence-electron chi connectivity index (χ3n) is 4.13. The number of H-pyrrole nitrogens is 1. The lowest BCUT2D eigenvalue weighted by Crippen LogP contribution is -2.30. The SMILES string of the molecule is O=c1[nH]c2ccc(S(=O)(=O)N(Cc3cccnc3)c3cccc(F)c3)cc2o1. The Hall–Kier alpha value is -3.46. The van der Waals surface area contributed by atoms with E-state index in [2.05, 4.69) is 9.97 Å². The molecule has 0 saturated heterocycles. The van der Waals surface area contributed by atoms with Gasteiger partial charge in [-0.1, -0.05) is 12.1 Å². The van der Waals surface area contributed by atoms with E-state index in [0.717, 1.165) is 10.4 Å². The first-order valence-corrected chi connectivity index (χ1v) is 9.67. The third kappa shape index (κ3) is 3.39. The Morgan fingerprint density at radius 1 is 1.11 bits per heavy atom. The van der Waals surface area contributed by atoms with Gasteiger partial charge in [0, 0.05) is 18.5 Å². The maximum absolute atomic E-state index is 13.8. The maximum atomic E-state index is 13.8. The Kier molecular flexibility index (Phi) is 4.44. The van der Waals surface area contributed by atoms with E-state index in [1.165, 1.54) is 42.6 Å². The molecule has 0 aliphatic heterocycles. The molecule has 4 rings (SSSR count). The molecule has 142 valence electrons. The van der Waals surface area contributed by atoms with Crippen LogP contribution in [-0.4, -0.2) is 18.4 Å². The number of hydrogen-bond donors (Lipinski definition) is 1. The van der Waals surface area contributed by atoms with Gasteiger partial charge in [0.25, 0.3) is 10.0 Å². The van der Waals surface area contributed by atoms with Gasteiger partial charge in [-0.3, -0.25) is 14.3 Å². The lowest BCUT2D eigenvalue weighted by atomic mass is 10.2. The fraction of sp³-hybridized carbons (Fsp3) is 0.0526. The number of nitrogens with zero attached hydrogens (tertiary/aromatic N) is 2. The molecule has 2 aromatic heterocycles. The van der Waals surface area contributed by atoms with Gasteiger partial charge in [-0.2, -0.15) is 0 Å². The number of fused-ring (bicyclic) bond motifs is 1. The van der Waals surface area contributed by atoms with Crippen molar-refractivity contribution in [2.45, 2.75) is 11.4 Å². The highest BCUT2D eigenvalue weighted by atomic mass is 32.2. The standard InChI is InChI=1S/C19H14FN3O4S/c20-14-4-1-5-15(9-14)23(12-13-3-2-8-21-11-13)28(25,26)16-6-7-17-18(10-16)27-19(24)22-17/h1-11H,12H2,(H,22,24). The van der Waals surface area contributed by atoms with Crippen molar-refractivity contribution in [3.8, 4) is 0 Å². The Balaban J connectivity index is 1.84. The van der Waals surface area contributed by atoms with Gasteiger partial charge in [-0.15, -0.1) is 0 Å². The molecular weight excluding hydrogens is 385 g/mol. The average molecular weight is 399 g/mol. The van der Waals surface area contributed by atoms with Crippen molar-refractivity contribution >= 4 is 26.8 Å². The molecule has 7 nitrogen and oxygen atoms in total. The molecule has 0 aliphatic carbocycles. The summed E-state index contributed by atoms with van der Waals surface area (Å²) in [6.45, 7) is -0.0469. The fourth-order valence-corrected chi connectivity index (χ4v) is 4.28. The highest BCUT2D eigenvalue weighted by Crippen LogP contribution is 2.28. The number of oxazole rings is 1. The zero-order valence-corrected chi connectivity index (χ0v) is 15.2. The van der Waals surface area contributed by atoms with Gasteiger partial charge in [-0.05, 0) is 42.0 Å². The molecule has 2 heterocycles. The van der Waals surface area contributed by atoms with E-state index < -0.39 is 21.6 Å². The van der Waals surface area contributed by atoms with E-state index >= 15 is 0 Å². The van der Waals surface area contributed by atoms with Crippen LogP contribution in [-0.2, 0) is 16.6 Å². The third-order valence-corrected chi connectivity index (χ3v) is 5.90. The number of sulfonamides is 1. The highest BCUT2D eigenvalue weighted by molar-refractivity contribution is 7.92. The number of benzene rings is 2. The largest absolute Gasteiger partial charge is 0.417 e. The first-order chi connectivity index (χ1) is 13.4. The summed E-state index contributed by atoms with van der Waals surface area (Å²) in [6, 6.07) is 12.8. The molecule has 0 atom stereocenters. The van der Waals surface area contributed by atoms with Crippen LogP contribution in [0.1, 0.15) is 5.56 Å². The zero-order chi connectivity index (χ0) is 19.7. The normalized spacial score (nSPS) is 11.6. The second kappa shape index (κ2) is 6.93. The Morgan fingerprint density at radius 3 is 2.71 bits per heavy atom. The molecule has 0 radical (unpaired) electrons. The molecule has 0 amide bonds. The van der Waals surface area contributed by atoms with Crippen LogP contribution in [0, 0.1) is 5.82 Å². The minimum atomic E-state index is -4.09. The van der Waals surface area contributed by atoms with Crippen LogP contribution >= 0.6 is 0 Å². The van der Waals surface area contributed by atoms with Crippen molar-refractivity contribution < 1.29 is 17.2 Å². The fourth-order valence-electron chi connectivity index (χ4n) is 2.82. The van der Waals surface area contributed by atoms with E-state index in [4.69, 9.17) is 4.42 Å². The number of aromatic nitrogens is 2. The lowest BCUT2D eigenvalue weighted by molar-refractivity contribution is 0.553. The molecule has 0 bridgehead atoms. The van der Waals surface area contributed by atoms with Crippen molar-refractivity contribution in [1.82, 2.24) is 9.97 Å². The molecule has 2 aromatic carbocycles.